The Morgan fingerprint density at radius 3 is 2.62 bits per heavy atom. The molecule has 1 aromatic heterocycles. The van der Waals surface area contributed by atoms with E-state index in [0.29, 0.717) is 5.69 Å². The third-order valence-electron chi connectivity index (χ3n) is 1.33. The smallest absolute Gasteiger partial charge is 0.435 e. The zero-order valence-electron chi connectivity index (χ0n) is 8.29. The molecule has 13 heavy (non-hydrogen) atoms. The maximum absolute atomic E-state index is 11.4. The molecule has 1 aromatic rings. The molecule has 0 saturated heterocycles. The normalized spacial score (nSPS) is 11.4. The maximum atomic E-state index is 11.4. The van der Waals surface area contributed by atoms with E-state index in [1.54, 1.807) is 13.0 Å². The maximum Gasteiger partial charge on any atom is 0.435 e. The zero-order valence-corrected chi connectivity index (χ0v) is 8.29. The highest BCUT2D eigenvalue weighted by Gasteiger charge is 2.18. The van der Waals surface area contributed by atoms with Crippen LogP contribution in [0.3, 0.4) is 0 Å². The summed E-state index contributed by atoms with van der Waals surface area (Å²) in [5.74, 6) is 0. The second-order valence-electron chi connectivity index (χ2n) is 3.81. The van der Waals surface area contributed by atoms with Crippen molar-refractivity contribution in [2.24, 2.45) is 0 Å². The summed E-state index contributed by atoms with van der Waals surface area (Å²) in [4.78, 5) is 11.4. The van der Waals surface area contributed by atoms with Crippen LogP contribution in [0.5, 0.6) is 0 Å². The molecular weight excluding hydrogens is 168 g/mol. The van der Waals surface area contributed by atoms with Crippen molar-refractivity contribution < 1.29 is 9.53 Å². The molecule has 4 heteroatoms. The molecule has 0 aliphatic heterocycles. The third-order valence-corrected chi connectivity index (χ3v) is 1.33. The van der Waals surface area contributed by atoms with Crippen molar-refractivity contribution in [2.75, 3.05) is 0 Å². The van der Waals surface area contributed by atoms with E-state index in [9.17, 15) is 4.79 Å². The van der Waals surface area contributed by atoms with Crippen LogP contribution in [0, 0.1) is 13.1 Å². The van der Waals surface area contributed by atoms with E-state index >= 15 is 0 Å². The Bertz CT molecular complexity index is 310. The largest absolute Gasteiger partial charge is 0.442 e. The summed E-state index contributed by atoms with van der Waals surface area (Å²) >= 11 is 0. The van der Waals surface area contributed by atoms with Gasteiger partial charge < -0.3 is 4.74 Å². The van der Waals surface area contributed by atoms with Gasteiger partial charge >= 0.3 is 6.09 Å². The van der Waals surface area contributed by atoms with Crippen LogP contribution < -0.4 is 0 Å². The van der Waals surface area contributed by atoms with Crippen molar-refractivity contribution in [1.82, 2.24) is 9.78 Å². The number of ether oxygens (including phenoxy) is 1. The van der Waals surface area contributed by atoms with Crippen molar-refractivity contribution in [3.63, 3.8) is 0 Å². The van der Waals surface area contributed by atoms with Crippen molar-refractivity contribution in [3.05, 3.63) is 18.0 Å². The van der Waals surface area contributed by atoms with Crippen LogP contribution in [0.1, 0.15) is 26.5 Å². The molecule has 0 aliphatic rings. The molecule has 0 spiro atoms. The van der Waals surface area contributed by atoms with Crippen LogP contribution in [0.4, 0.5) is 4.79 Å². The minimum atomic E-state index is -0.491. The van der Waals surface area contributed by atoms with E-state index in [0.717, 1.165) is 0 Å². The van der Waals surface area contributed by atoms with Gasteiger partial charge in [0.25, 0.3) is 0 Å². The highest BCUT2D eigenvalue weighted by atomic mass is 16.6. The van der Waals surface area contributed by atoms with Gasteiger partial charge in [0.05, 0.1) is 0 Å². The molecule has 0 fully saturated rings. The number of hydrogen-bond acceptors (Lipinski definition) is 3. The monoisotopic (exact) mass is 181 g/mol. The van der Waals surface area contributed by atoms with Crippen molar-refractivity contribution in [1.29, 1.82) is 0 Å². The van der Waals surface area contributed by atoms with E-state index in [-0.39, 0.29) is 0 Å². The molecule has 71 valence electrons. The SMILES string of the molecule is Cc1c[c]nn1C(=O)OC(C)(C)C. The Morgan fingerprint density at radius 1 is 1.62 bits per heavy atom. The van der Waals surface area contributed by atoms with E-state index in [2.05, 4.69) is 11.3 Å². The number of hydrogen-bond donors (Lipinski definition) is 0. The number of rotatable bonds is 0. The van der Waals surface area contributed by atoms with Gasteiger partial charge in [0.2, 0.25) is 0 Å². The van der Waals surface area contributed by atoms with Crippen molar-refractivity contribution in [3.8, 4) is 0 Å². The predicted molar refractivity (Wildman–Crippen MR) is 47.4 cm³/mol. The van der Waals surface area contributed by atoms with E-state index in [1.165, 1.54) is 4.68 Å². The molecule has 1 radical (unpaired) electrons. The fourth-order valence-corrected chi connectivity index (χ4v) is 0.810. The molecule has 0 aromatic carbocycles. The average Bonchev–Trinajstić information content (AvgIpc) is 2.30. The second kappa shape index (κ2) is 3.20. The lowest BCUT2D eigenvalue weighted by Gasteiger charge is -2.19. The molecule has 0 saturated carbocycles. The van der Waals surface area contributed by atoms with Gasteiger partial charge in [-0.1, -0.05) is 0 Å². The summed E-state index contributed by atoms with van der Waals surface area (Å²) in [6, 6.07) is 1.63. The number of nitrogens with zero attached hydrogens (tertiary/aromatic N) is 2. The van der Waals surface area contributed by atoms with Gasteiger partial charge in [0.15, 0.2) is 0 Å². The standard InChI is InChI=1S/C9H13N2O2/c1-7-5-6-10-11(7)8(12)13-9(2,3)4/h5H,1-4H3. The summed E-state index contributed by atoms with van der Waals surface area (Å²) < 4.78 is 6.29. The van der Waals surface area contributed by atoms with Gasteiger partial charge in [-0.25, -0.2) is 4.79 Å². The first-order valence-electron chi connectivity index (χ1n) is 4.06. The van der Waals surface area contributed by atoms with Gasteiger partial charge in [-0.3, -0.25) is 0 Å². The lowest BCUT2D eigenvalue weighted by Crippen LogP contribution is -2.28. The number of carbonyl (C=O) groups is 1. The zero-order chi connectivity index (χ0) is 10.1. The molecule has 0 N–H and O–H groups in total. The molecule has 0 amide bonds. The summed E-state index contributed by atoms with van der Waals surface area (Å²) in [5, 5.41) is 3.72. The molecule has 0 aliphatic carbocycles. The quantitative estimate of drug-likeness (QED) is 0.612. The summed E-state index contributed by atoms with van der Waals surface area (Å²) in [7, 11) is 0. The van der Waals surface area contributed by atoms with Gasteiger partial charge in [0.1, 0.15) is 11.8 Å². The number of carbonyl (C=O) groups excluding carboxylic acids is 1. The molecule has 4 nitrogen and oxygen atoms in total. The van der Waals surface area contributed by atoms with Crippen LogP contribution in [0.25, 0.3) is 0 Å². The predicted octanol–water partition coefficient (Wildman–Crippen LogP) is 1.77. The van der Waals surface area contributed by atoms with Crippen molar-refractivity contribution >= 4 is 6.09 Å². The first-order chi connectivity index (χ1) is 5.90. The molecule has 1 heterocycles. The minimum absolute atomic E-state index is 0.466. The summed E-state index contributed by atoms with van der Waals surface area (Å²) in [5.41, 5.74) is 0.226. The first-order valence-corrected chi connectivity index (χ1v) is 4.06. The number of aromatic nitrogens is 2. The van der Waals surface area contributed by atoms with E-state index < -0.39 is 11.7 Å². The molecule has 1 rings (SSSR count). The van der Waals surface area contributed by atoms with Gasteiger partial charge in [-0.05, 0) is 33.8 Å². The van der Waals surface area contributed by atoms with Gasteiger partial charge in [-0.2, -0.15) is 9.78 Å². The Morgan fingerprint density at radius 2 is 2.23 bits per heavy atom. The molecule has 0 bridgehead atoms. The highest BCUT2D eigenvalue weighted by Crippen LogP contribution is 2.09. The van der Waals surface area contributed by atoms with Crippen LogP contribution in [-0.4, -0.2) is 21.5 Å². The first kappa shape index (κ1) is 9.77. The van der Waals surface area contributed by atoms with Crippen LogP contribution in [0.15, 0.2) is 6.07 Å². The van der Waals surface area contributed by atoms with Crippen molar-refractivity contribution in [2.45, 2.75) is 33.3 Å². The van der Waals surface area contributed by atoms with Gasteiger partial charge in [-0.15, -0.1) is 0 Å². The number of aryl methyl sites for hydroxylation is 1. The lowest BCUT2D eigenvalue weighted by atomic mass is 10.2. The summed E-state index contributed by atoms with van der Waals surface area (Å²) in [6.45, 7) is 7.21. The summed E-state index contributed by atoms with van der Waals surface area (Å²) in [6.07, 6.45) is 2.11. The average molecular weight is 181 g/mol. The third kappa shape index (κ3) is 2.57. The van der Waals surface area contributed by atoms with Crippen LogP contribution in [-0.2, 0) is 4.74 Å². The minimum Gasteiger partial charge on any atom is -0.442 e. The van der Waals surface area contributed by atoms with Crippen LogP contribution >= 0.6 is 0 Å². The van der Waals surface area contributed by atoms with E-state index in [4.69, 9.17) is 4.74 Å². The molecule has 0 unspecified atom stereocenters. The van der Waals surface area contributed by atoms with E-state index in [1.807, 2.05) is 20.8 Å². The Balaban J connectivity index is 2.76. The fraction of sp³-hybridized carbons (Fsp3) is 0.556. The molecular formula is C9H13N2O2. The highest BCUT2D eigenvalue weighted by molar-refractivity contribution is 5.70. The fourth-order valence-electron chi connectivity index (χ4n) is 0.810. The van der Waals surface area contributed by atoms with Gasteiger partial charge in [0, 0.05) is 5.69 Å². The second-order valence-corrected chi connectivity index (χ2v) is 3.81. The topological polar surface area (TPSA) is 44.1 Å². The molecule has 0 atom stereocenters. The Kier molecular flexibility index (Phi) is 2.40. The Labute approximate surface area is 77.5 Å². The lowest BCUT2D eigenvalue weighted by molar-refractivity contribution is 0.0511. The Hall–Kier alpha value is -1.32. The van der Waals surface area contributed by atoms with Crippen LogP contribution in [0.2, 0.25) is 0 Å².